The summed E-state index contributed by atoms with van der Waals surface area (Å²) < 4.78 is 0. The molecule has 0 bridgehead atoms. The van der Waals surface area contributed by atoms with Gasteiger partial charge in [-0.25, -0.2) is 9.59 Å². The third kappa shape index (κ3) is 2.81. The van der Waals surface area contributed by atoms with E-state index in [1.54, 1.807) is 12.1 Å². The van der Waals surface area contributed by atoms with Crippen LogP contribution >= 0.6 is 0 Å². The number of urea groups is 1. The van der Waals surface area contributed by atoms with Crippen LogP contribution < -0.4 is 10.2 Å². The molecule has 0 aliphatic carbocycles. The molecule has 0 saturated carbocycles. The Morgan fingerprint density at radius 3 is 2.54 bits per heavy atom. The monoisotopic (exact) mass is 324 g/mol. The Hall–Kier alpha value is -3.28. The highest BCUT2D eigenvalue weighted by Crippen LogP contribution is 2.34. The van der Waals surface area contributed by atoms with E-state index in [4.69, 9.17) is 5.11 Å². The van der Waals surface area contributed by atoms with E-state index in [2.05, 4.69) is 11.9 Å². The molecular weight excluding hydrogens is 308 g/mol. The summed E-state index contributed by atoms with van der Waals surface area (Å²) in [7, 11) is 0. The number of carbonyl (C=O) groups excluding carboxylic acids is 1. The summed E-state index contributed by atoms with van der Waals surface area (Å²) in [5, 5.41) is 21.7. The summed E-state index contributed by atoms with van der Waals surface area (Å²) in [5.74, 6) is -1.21. The maximum absolute atomic E-state index is 12.2. The van der Waals surface area contributed by atoms with Crippen molar-refractivity contribution in [1.29, 1.82) is 0 Å². The molecule has 1 unspecified atom stereocenters. The van der Waals surface area contributed by atoms with Gasteiger partial charge in [0.1, 0.15) is 5.75 Å². The number of nitrogens with one attached hydrogen (secondary N) is 1. The quantitative estimate of drug-likeness (QED) is 0.754. The molecule has 6 nitrogen and oxygen atoms in total. The summed E-state index contributed by atoms with van der Waals surface area (Å²) in [5.41, 5.74) is 2.03. The van der Waals surface area contributed by atoms with Gasteiger partial charge < -0.3 is 15.5 Å². The second kappa shape index (κ2) is 6.08. The molecule has 1 aliphatic rings. The molecule has 24 heavy (non-hydrogen) atoms. The predicted molar refractivity (Wildman–Crippen MR) is 90.0 cm³/mol. The number of benzene rings is 2. The number of amides is 2. The van der Waals surface area contributed by atoms with E-state index >= 15 is 0 Å². The first-order chi connectivity index (χ1) is 11.5. The van der Waals surface area contributed by atoms with Crippen molar-refractivity contribution in [2.75, 3.05) is 11.4 Å². The summed E-state index contributed by atoms with van der Waals surface area (Å²) in [4.78, 5) is 24.5. The SMILES string of the molecule is C=C(C(=O)O)C1CN(c2cc(-c3ccccc3)ccc2O)C(=O)N1. The third-order valence-electron chi connectivity index (χ3n) is 3.98. The maximum atomic E-state index is 12.2. The highest BCUT2D eigenvalue weighted by atomic mass is 16.4. The van der Waals surface area contributed by atoms with Crippen LogP contribution in [0.4, 0.5) is 10.5 Å². The number of carboxylic acids is 1. The smallest absolute Gasteiger partial charge is 0.333 e. The standard InChI is InChI=1S/C18H16N2O4/c1-11(17(22)23)14-10-20(18(24)19-14)15-9-13(7-8-16(15)21)12-5-3-2-4-6-12/h2-9,14,21H,1,10H2,(H,19,24)(H,22,23). The van der Waals surface area contributed by atoms with Crippen molar-refractivity contribution in [3.05, 3.63) is 60.7 Å². The van der Waals surface area contributed by atoms with Crippen molar-refractivity contribution in [3.63, 3.8) is 0 Å². The number of phenols is 1. The lowest BCUT2D eigenvalue weighted by Gasteiger charge is -2.17. The van der Waals surface area contributed by atoms with Gasteiger partial charge in [0.25, 0.3) is 0 Å². The second-order valence-electron chi connectivity index (χ2n) is 5.51. The first-order valence-electron chi connectivity index (χ1n) is 7.36. The van der Waals surface area contributed by atoms with E-state index in [1.807, 2.05) is 30.3 Å². The molecule has 0 spiro atoms. The molecule has 1 aliphatic heterocycles. The maximum Gasteiger partial charge on any atom is 0.333 e. The van der Waals surface area contributed by atoms with E-state index in [0.29, 0.717) is 5.69 Å². The molecular formula is C18H16N2O4. The average molecular weight is 324 g/mol. The zero-order valence-corrected chi connectivity index (χ0v) is 12.8. The third-order valence-corrected chi connectivity index (χ3v) is 3.98. The van der Waals surface area contributed by atoms with Gasteiger partial charge in [0.2, 0.25) is 0 Å². The molecule has 3 rings (SSSR count). The lowest BCUT2D eigenvalue weighted by molar-refractivity contribution is -0.132. The number of anilines is 1. The van der Waals surface area contributed by atoms with E-state index in [1.165, 1.54) is 11.0 Å². The highest BCUT2D eigenvalue weighted by molar-refractivity contribution is 5.99. The Morgan fingerprint density at radius 1 is 1.17 bits per heavy atom. The van der Waals surface area contributed by atoms with Crippen LogP contribution in [0.3, 0.4) is 0 Å². The minimum absolute atomic E-state index is 0.0496. The number of phenolic OH excluding ortho intramolecular Hbond substituents is 1. The number of aromatic hydroxyl groups is 1. The number of rotatable bonds is 4. The van der Waals surface area contributed by atoms with E-state index in [9.17, 15) is 14.7 Å². The lowest BCUT2D eigenvalue weighted by Crippen LogP contribution is -2.31. The van der Waals surface area contributed by atoms with Crippen molar-refractivity contribution >= 4 is 17.7 Å². The van der Waals surface area contributed by atoms with Gasteiger partial charge in [-0.3, -0.25) is 4.90 Å². The van der Waals surface area contributed by atoms with Crippen LogP contribution in [0, 0.1) is 0 Å². The normalized spacial score (nSPS) is 16.8. The molecule has 2 amide bonds. The molecule has 0 aromatic heterocycles. The van der Waals surface area contributed by atoms with Crippen LogP contribution in [0.15, 0.2) is 60.7 Å². The van der Waals surface area contributed by atoms with E-state index < -0.39 is 18.0 Å². The fourth-order valence-electron chi connectivity index (χ4n) is 2.64. The van der Waals surface area contributed by atoms with Crippen LogP contribution in [-0.4, -0.2) is 34.8 Å². The molecule has 1 atom stereocenters. The van der Waals surface area contributed by atoms with Crippen LogP contribution in [-0.2, 0) is 4.79 Å². The van der Waals surface area contributed by atoms with Gasteiger partial charge in [0, 0.05) is 0 Å². The number of aliphatic carboxylic acids is 1. The van der Waals surface area contributed by atoms with Gasteiger partial charge in [-0.15, -0.1) is 0 Å². The Balaban J connectivity index is 1.93. The molecule has 1 fully saturated rings. The highest BCUT2D eigenvalue weighted by Gasteiger charge is 2.34. The van der Waals surface area contributed by atoms with Gasteiger partial charge in [0.15, 0.2) is 0 Å². The number of hydrogen-bond acceptors (Lipinski definition) is 3. The topological polar surface area (TPSA) is 89.9 Å². The molecule has 2 aromatic rings. The Bertz CT molecular complexity index is 817. The number of hydrogen-bond donors (Lipinski definition) is 3. The molecule has 1 saturated heterocycles. The van der Waals surface area contributed by atoms with Crippen LogP contribution in [0.5, 0.6) is 5.75 Å². The first-order valence-corrected chi connectivity index (χ1v) is 7.36. The predicted octanol–water partition coefficient (Wildman–Crippen LogP) is 2.60. The van der Waals surface area contributed by atoms with Crippen LogP contribution in [0.1, 0.15) is 0 Å². The van der Waals surface area contributed by atoms with Crippen LogP contribution in [0.25, 0.3) is 11.1 Å². The van der Waals surface area contributed by atoms with E-state index in [0.717, 1.165) is 11.1 Å². The van der Waals surface area contributed by atoms with Gasteiger partial charge in [-0.2, -0.15) is 0 Å². The zero-order valence-electron chi connectivity index (χ0n) is 12.8. The van der Waals surface area contributed by atoms with Crippen molar-refractivity contribution in [1.82, 2.24) is 5.32 Å². The van der Waals surface area contributed by atoms with E-state index in [-0.39, 0.29) is 17.9 Å². The summed E-state index contributed by atoms with van der Waals surface area (Å²) in [6.45, 7) is 3.58. The van der Waals surface area contributed by atoms with Crippen molar-refractivity contribution in [2.45, 2.75) is 6.04 Å². The summed E-state index contributed by atoms with van der Waals surface area (Å²) >= 11 is 0. The Labute approximate surface area is 138 Å². The van der Waals surface area contributed by atoms with Gasteiger partial charge in [-0.05, 0) is 23.3 Å². The fourth-order valence-corrected chi connectivity index (χ4v) is 2.64. The molecule has 1 heterocycles. The van der Waals surface area contributed by atoms with Crippen molar-refractivity contribution in [3.8, 4) is 16.9 Å². The van der Waals surface area contributed by atoms with Gasteiger partial charge in [0.05, 0.1) is 23.8 Å². The van der Waals surface area contributed by atoms with Crippen molar-refractivity contribution in [2.24, 2.45) is 0 Å². The zero-order chi connectivity index (χ0) is 17.3. The number of carbonyl (C=O) groups is 2. The number of carboxylic acid groups (broad SMARTS) is 1. The minimum Gasteiger partial charge on any atom is -0.506 e. The van der Waals surface area contributed by atoms with Crippen molar-refractivity contribution < 1.29 is 19.8 Å². The molecule has 122 valence electrons. The lowest BCUT2D eigenvalue weighted by atomic mass is 10.0. The Morgan fingerprint density at radius 2 is 1.88 bits per heavy atom. The molecule has 2 aromatic carbocycles. The van der Waals surface area contributed by atoms with Crippen LogP contribution in [0.2, 0.25) is 0 Å². The van der Waals surface area contributed by atoms with Gasteiger partial charge >= 0.3 is 12.0 Å². The molecule has 0 radical (unpaired) electrons. The first kappa shape index (κ1) is 15.6. The largest absolute Gasteiger partial charge is 0.506 e. The van der Waals surface area contributed by atoms with Gasteiger partial charge in [-0.1, -0.05) is 43.0 Å². The molecule has 6 heteroatoms. The second-order valence-corrected chi connectivity index (χ2v) is 5.51. The Kier molecular flexibility index (Phi) is 3.95. The minimum atomic E-state index is -1.16. The fraction of sp³-hybridized carbons (Fsp3) is 0.111. The number of nitrogens with zero attached hydrogens (tertiary/aromatic N) is 1. The molecule has 3 N–H and O–H groups in total. The summed E-state index contributed by atoms with van der Waals surface area (Å²) in [6, 6.07) is 13.4. The summed E-state index contributed by atoms with van der Waals surface area (Å²) in [6.07, 6.45) is 0. The average Bonchev–Trinajstić information content (AvgIpc) is 2.97.